The Morgan fingerprint density at radius 2 is 2.18 bits per heavy atom. The van der Waals surface area contributed by atoms with Crippen LogP contribution in [0.5, 0.6) is 5.75 Å². The largest absolute Gasteiger partial charge is 0.506 e. The van der Waals surface area contributed by atoms with Crippen molar-refractivity contribution >= 4 is 5.97 Å². The number of aliphatic carboxylic acids is 1. The van der Waals surface area contributed by atoms with Crippen molar-refractivity contribution in [2.45, 2.75) is 32.9 Å². The Morgan fingerprint density at radius 3 is 2.65 bits per heavy atom. The van der Waals surface area contributed by atoms with E-state index in [9.17, 15) is 4.79 Å². The molecule has 1 aromatic heterocycles. The summed E-state index contributed by atoms with van der Waals surface area (Å²) in [5, 5.41) is 21.0. The van der Waals surface area contributed by atoms with Gasteiger partial charge in [-0.25, -0.2) is 0 Å². The zero-order chi connectivity index (χ0) is 12.8. The summed E-state index contributed by atoms with van der Waals surface area (Å²) in [6.07, 6.45) is 1.92. The van der Waals surface area contributed by atoms with Gasteiger partial charge in [-0.15, -0.1) is 0 Å². The van der Waals surface area contributed by atoms with Crippen LogP contribution < -0.4 is 5.32 Å². The quantitative estimate of drug-likeness (QED) is 0.697. The molecule has 1 heterocycles. The highest BCUT2D eigenvalue weighted by molar-refractivity contribution is 5.73. The maximum Gasteiger partial charge on any atom is 0.320 e. The summed E-state index contributed by atoms with van der Waals surface area (Å²) in [5.41, 5.74) is 0.706. The van der Waals surface area contributed by atoms with Gasteiger partial charge in [-0.1, -0.05) is 13.8 Å². The maximum absolute atomic E-state index is 11.0. The highest BCUT2D eigenvalue weighted by atomic mass is 16.4. The first kappa shape index (κ1) is 13.4. The second kappa shape index (κ2) is 6.20. The molecule has 1 unspecified atom stereocenters. The molecular formula is C12H18N2O3. The minimum Gasteiger partial charge on any atom is -0.506 e. The van der Waals surface area contributed by atoms with Crippen molar-refractivity contribution in [3.63, 3.8) is 0 Å². The van der Waals surface area contributed by atoms with E-state index in [-0.39, 0.29) is 5.75 Å². The van der Waals surface area contributed by atoms with Crippen LogP contribution >= 0.6 is 0 Å². The summed E-state index contributed by atoms with van der Waals surface area (Å²) >= 11 is 0. The fourth-order valence-electron chi connectivity index (χ4n) is 1.49. The molecule has 17 heavy (non-hydrogen) atoms. The number of hydrogen-bond acceptors (Lipinski definition) is 4. The summed E-state index contributed by atoms with van der Waals surface area (Å²) in [5.74, 6) is -0.431. The van der Waals surface area contributed by atoms with Crippen LogP contribution in [-0.4, -0.2) is 27.2 Å². The van der Waals surface area contributed by atoms with Gasteiger partial charge in [-0.2, -0.15) is 0 Å². The monoisotopic (exact) mass is 238 g/mol. The van der Waals surface area contributed by atoms with E-state index in [2.05, 4.69) is 10.3 Å². The van der Waals surface area contributed by atoms with E-state index in [4.69, 9.17) is 10.2 Å². The Morgan fingerprint density at radius 1 is 1.47 bits per heavy atom. The third kappa shape index (κ3) is 4.82. The summed E-state index contributed by atoms with van der Waals surface area (Å²) in [7, 11) is 0. The number of aromatic hydroxyl groups is 1. The number of pyridine rings is 1. The van der Waals surface area contributed by atoms with Gasteiger partial charge in [0.2, 0.25) is 0 Å². The average Bonchev–Trinajstić information content (AvgIpc) is 2.25. The summed E-state index contributed by atoms with van der Waals surface area (Å²) < 4.78 is 0. The van der Waals surface area contributed by atoms with Gasteiger partial charge in [-0.05, 0) is 24.5 Å². The number of carboxylic acids is 1. The number of hydrogen-bond donors (Lipinski definition) is 3. The maximum atomic E-state index is 11.0. The molecule has 1 rings (SSSR count). The molecule has 94 valence electrons. The highest BCUT2D eigenvalue weighted by Crippen LogP contribution is 2.08. The Kier molecular flexibility index (Phi) is 4.90. The lowest BCUT2D eigenvalue weighted by molar-refractivity contribution is -0.140. The van der Waals surface area contributed by atoms with Crippen molar-refractivity contribution in [3.8, 4) is 5.75 Å². The molecule has 0 amide bonds. The Balaban J connectivity index is 2.51. The van der Waals surface area contributed by atoms with Crippen molar-refractivity contribution < 1.29 is 15.0 Å². The van der Waals surface area contributed by atoms with Crippen molar-refractivity contribution in [3.05, 3.63) is 24.0 Å². The molecule has 0 saturated carbocycles. The minimum atomic E-state index is -0.850. The van der Waals surface area contributed by atoms with E-state index in [0.717, 1.165) is 0 Å². The number of nitrogens with one attached hydrogen (secondary N) is 1. The van der Waals surface area contributed by atoms with Gasteiger partial charge >= 0.3 is 5.97 Å². The Hall–Kier alpha value is -1.62. The highest BCUT2D eigenvalue weighted by Gasteiger charge is 2.17. The molecule has 1 aromatic rings. The SMILES string of the molecule is CC(C)CC(NCc1ccc(O)cn1)C(=O)O. The van der Waals surface area contributed by atoms with Gasteiger partial charge in [0.25, 0.3) is 0 Å². The third-order valence-electron chi connectivity index (χ3n) is 2.34. The second-order valence-corrected chi connectivity index (χ2v) is 4.41. The zero-order valence-corrected chi connectivity index (χ0v) is 10.1. The molecule has 0 radical (unpaired) electrons. The summed E-state index contributed by atoms with van der Waals surface area (Å²) in [6, 6.07) is 2.63. The molecule has 5 heteroatoms. The van der Waals surface area contributed by atoms with Crippen molar-refractivity contribution in [2.24, 2.45) is 5.92 Å². The van der Waals surface area contributed by atoms with Gasteiger partial charge < -0.3 is 10.2 Å². The predicted molar refractivity (Wildman–Crippen MR) is 63.6 cm³/mol. The Bertz CT molecular complexity index is 363. The van der Waals surface area contributed by atoms with Gasteiger partial charge in [0.1, 0.15) is 11.8 Å². The topological polar surface area (TPSA) is 82.5 Å². The lowest BCUT2D eigenvalue weighted by Gasteiger charge is -2.16. The molecule has 0 aliphatic rings. The molecule has 5 nitrogen and oxygen atoms in total. The fourth-order valence-corrected chi connectivity index (χ4v) is 1.49. The number of carbonyl (C=O) groups is 1. The molecule has 0 bridgehead atoms. The molecule has 0 aliphatic heterocycles. The van der Waals surface area contributed by atoms with Gasteiger partial charge in [0.05, 0.1) is 11.9 Å². The first-order valence-corrected chi connectivity index (χ1v) is 5.59. The van der Waals surface area contributed by atoms with Crippen LogP contribution in [0.25, 0.3) is 0 Å². The van der Waals surface area contributed by atoms with Crippen LogP contribution in [0, 0.1) is 5.92 Å². The van der Waals surface area contributed by atoms with Crippen LogP contribution in [0.4, 0.5) is 0 Å². The molecule has 3 N–H and O–H groups in total. The van der Waals surface area contributed by atoms with Gasteiger partial charge in [0, 0.05) is 6.54 Å². The number of rotatable bonds is 6. The molecule has 0 saturated heterocycles. The Labute approximate surface area is 101 Å². The molecule has 0 spiro atoms. The standard InChI is InChI=1S/C12H18N2O3/c1-8(2)5-11(12(16)17)14-6-9-3-4-10(15)7-13-9/h3-4,7-8,11,14-15H,5-6H2,1-2H3,(H,16,17). The van der Waals surface area contributed by atoms with Crippen LogP contribution in [0.3, 0.4) is 0 Å². The van der Waals surface area contributed by atoms with Crippen LogP contribution in [0.2, 0.25) is 0 Å². The average molecular weight is 238 g/mol. The van der Waals surface area contributed by atoms with Crippen molar-refractivity contribution in [1.29, 1.82) is 0 Å². The molecule has 0 fully saturated rings. The number of nitrogens with zero attached hydrogens (tertiary/aromatic N) is 1. The molecule has 1 atom stereocenters. The van der Waals surface area contributed by atoms with E-state index < -0.39 is 12.0 Å². The third-order valence-corrected chi connectivity index (χ3v) is 2.34. The van der Waals surface area contributed by atoms with Gasteiger partial charge in [-0.3, -0.25) is 15.1 Å². The molecular weight excluding hydrogens is 220 g/mol. The van der Waals surface area contributed by atoms with E-state index in [1.165, 1.54) is 12.3 Å². The van der Waals surface area contributed by atoms with Gasteiger partial charge in [0.15, 0.2) is 0 Å². The van der Waals surface area contributed by atoms with Crippen LogP contribution in [0.15, 0.2) is 18.3 Å². The summed E-state index contributed by atoms with van der Waals surface area (Å²) in [4.78, 5) is 15.0. The summed E-state index contributed by atoms with van der Waals surface area (Å²) in [6.45, 7) is 4.34. The van der Waals surface area contributed by atoms with Crippen LogP contribution in [-0.2, 0) is 11.3 Å². The normalized spacial score (nSPS) is 12.6. The van der Waals surface area contributed by atoms with E-state index >= 15 is 0 Å². The second-order valence-electron chi connectivity index (χ2n) is 4.41. The lowest BCUT2D eigenvalue weighted by atomic mass is 10.0. The molecule has 0 aromatic carbocycles. The first-order valence-electron chi connectivity index (χ1n) is 5.59. The number of carboxylic acid groups (broad SMARTS) is 1. The first-order chi connectivity index (χ1) is 7.99. The molecule has 0 aliphatic carbocycles. The fraction of sp³-hybridized carbons (Fsp3) is 0.500. The number of aromatic nitrogens is 1. The van der Waals surface area contributed by atoms with Crippen molar-refractivity contribution in [2.75, 3.05) is 0 Å². The zero-order valence-electron chi connectivity index (χ0n) is 10.1. The lowest BCUT2D eigenvalue weighted by Crippen LogP contribution is -2.37. The minimum absolute atomic E-state index is 0.103. The smallest absolute Gasteiger partial charge is 0.320 e. The predicted octanol–water partition coefficient (Wildman–Crippen LogP) is 1.38. The van der Waals surface area contributed by atoms with E-state index in [0.29, 0.717) is 24.6 Å². The van der Waals surface area contributed by atoms with E-state index in [1.807, 2.05) is 13.8 Å². The van der Waals surface area contributed by atoms with E-state index in [1.54, 1.807) is 6.07 Å². The van der Waals surface area contributed by atoms with Crippen LogP contribution in [0.1, 0.15) is 26.0 Å². The van der Waals surface area contributed by atoms with Crippen molar-refractivity contribution in [1.82, 2.24) is 10.3 Å².